The average molecular weight is 319 g/mol. The highest BCUT2D eigenvalue weighted by molar-refractivity contribution is 6.33. The van der Waals surface area contributed by atoms with Crippen molar-refractivity contribution in [2.75, 3.05) is 19.0 Å². The first-order valence-corrected chi connectivity index (χ1v) is 6.07. The molecule has 5 nitrogen and oxygen atoms in total. The molecule has 0 aliphatic rings. The summed E-state index contributed by atoms with van der Waals surface area (Å²) in [6.45, 7) is 0. The molecule has 2 heterocycles. The Morgan fingerprint density at radius 1 is 1.24 bits per heavy atom. The third kappa shape index (κ3) is 3.15. The van der Waals surface area contributed by atoms with Gasteiger partial charge >= 0.3 is 6.18 Å². The van der Waals surface area contributed by atoms with Crippen LogP contribution in [0.15, 0.2) is 23.3 Å². The summed E-state index contributed by atoms with van der Waals surface area (Å²) in [5.74, 6) is 0.312. The van der Waals surface area contributed by atoms with Gasteiger partial charge in [-0.1, -0.05) is 11.6 Å². The lowest BCUT2D eigenvalue weighted by Gasteiger charge is -2.11. The molecule has 112 valence electrons. The predicted molar refractivity (Wildman–Crippen MR) is 72.4 cm³/mol. The second-order valence-electron chi connectivity index (χ2n) is 4.40. The number of halogens is 4. The van der Waals surface area contributed by atoms with Crippen molar-refractivity contribution in [3.05, 3.63) is 39.4 Å². The van der Waals surface area contributed by atoms with Crippen molar-refractivity contribution < 1.29 is 13.2 Å². The smallest absolute Gasteiger partial charge is 0.348 e. The van der Waals surface area contributed by atoms with Gasteiger partial charge in [0, 0.05) is 26.5 Å². The molecule has 2 aromatic rings. The molecule has 0 saturated heterocycles. The van der Waals surface area contributed by atoms with E-state index in [4.69, 9.17) is 11.6 Å². The summed E-state index contributed by atoms with van der Waals surface area (Å²) in [5, 5.41) is -0.269. The molecule has 0 radical (unpaired) electrons. The maximum atomic E-state index is 12.5. The zero-order valence-electron chi connectivity index (χ0n) is 11.0. The van der Waals surface area contributed by atoms with E-state index >= 15 is 0 Å². The molecule has 0 aliphatic heterocycles. The Morgan fingerprint density at radius 2 is 1.90 bits per heavy atom. The van der Waals surface area contributed by atoms with E-state index in [1.54, 1.807) is 19.0 Å². The predicted octanol–water partition coefficient (Wildman–Crippen LogP) is 2.57. The maximum absolute atomic E-state index is 12.5. The summed E-state index contributed by atoms with van der Waals surface area (Å²) >= 11 is 5.79. The number of nitrogens with one attached hydrogen (secondary N) is 1. The summed E-state index contributed by atoms with van der Waals surface area (Å²) in [6.07, 6.45) is -2.70. The maximum Gasteiger partial charge on any atom is 0.417 e. The number of aromatic amines is 1. The van der Waals surface area contributed by atoms with Crippen LogP contribution in [0.4, 0.5) is 19.1 Å². The summed E-state index contributed by atoms with van der Waals surface area (Å²) in [5.41, 5.74) is -1.57. The Morgan fingerprint density at radius 3 is 2.38 bits per heavy atom. The minimum absolute atomic E-state index is 0.000625. The minimum Gasteiger partial charge on any atom is -0.348 e. The first kappa shape index (κ1) is 15.3. The van der Waals surface area contributed by atoms with Crippen LogP contribution in [-0.4, -0.2) is 29.0 Å². The van der Waals surface area contributed by atoms with E-state index in [0.717, 1.165) is 6.07 Å². The molecule has 0 fully saturated rings. The summed E-state index contributed by atoms with van der Waals surface area (Å²) in [7, 11) is 3.36. The van der Waals surface area contributed by atoms with Gasteiger partial charge in [0.2, 0.25) is 5.95 Å². The fourth-order valence-corrected chi connectivity index (χ4v) is 1.84. The van der Waals surface area contributed by atoms with Gasteiger partial charge in [0.1, 0.15) is 0 Å². The zero-order valence-corrected chi connectivity index (χ0v) is 11.7. The first-order valence-electron chi connectivity index (χ1n) is 5.70. The second kappa shape index (κ2) is 5.36. The van der Waals surface area contributed by atoms with Crippen molar-refractivity contribution in [1.29, 1.82) is 0 Å². The zero-order chi connectivity index (χ0) is 15.8. The van der Waals surface area contributed by atoms with Gasteiger partial charge in [-0.05, 0) is 6.07 Å². The van der Waals surface area contributed by atoms with Gasteiger partial charge in [-0.3, -0.25) is 14.8 Å². The van der Waals surface area contributed by atoms with E-state index in [0.29, 0.717) is 12.1 Å². The summed E-state index contributed by atoms with van der Waals surface area (Å²) < 4.78 is 37.6. The van der Waals surface area contributed by atoms with Gasteiger partial charge in [-0.2, -0.15) is 13.2 Å². The number of pyridine rings is 1. The number of alkyl halides is 3. The standard InChI is InChI=1S/C12H10ClF3N4O/c1-20(2)11-18-5-7(10(21)19-11)9-8(13)3-6(4-17-9)12(14,15)16/h3-5H,1-2H3,(H,18,19,21). The molecule has 0 saturated carbocycles. The van der Waals surface area contributed by atoms with Crippen LogP contribution >= 0.6 is 11.6 Å². The fourth-order valence-electron chi connectivity index (χ4n) is 1.57. The average Bonchev–Trinajstić information content (AvgIpc) is 2.38. The van der Waals surface area contributed by atoms with E-state index in [-0.39, 0.29) is 16.3 Å². The van der Waals surface area contributed by atoms with Gasteiger partial charge in [0.15, 0.2) is 0 Å². The van der Waals surface area contributed by atoms with Gasteiger partial charge in [0.05, 0.1) is 21.8 Å². The molecule has 0 unspecified atom stereocenters. The molecule has 2 aromatic heterocycles. The fraction of sp³-hybridized carbons (Fsp3) is 0.250. The number of aromatic nitrogens is 3. The molecule has 0 atom stereocenters. The molecule has 21 heavy (non-hydrogen) atoms. The Balaban J connectivity index is 2.51. The SMILES string of the molecule is CN(C)c1ncc(-c2ncc(C(F)(F)F)cc2Cl)c(=O)[nH]1. The lowest BCUT2D eigenvalue weighted by atomic mass is 10.2. The van der Waals surface area contributed by atoms with Crippen molar-refractivity contribution in [2.24, 2.45) is 0 Å². The van der Waals surface area contributed by atoms with Crippen molar-refractivity contribution in [1.82, 2.24) is 15.0 Å². The highest BCUT2D eigenvalue weighted by Gasteiger charge is 2.31. The molecular weight excluding hydrogens is 309 g/mol. The van der Waals surface area contributed by atoms with Crippen LogP contribution in [0, 0.1) is 0 Å². The molecule has 2 rings (SSSR count). The van der Waals surface area contributed by atoms with E-state index < -0.39 is 17.3 Å². The highest BCUT2D eigenvalue weighted by atomic mass is 35.5. The third-order valence-electron chi connectivity index (χ3n) is 2.63. The monoisotopic (exact) mass is 318 g/mol. The van der Waals surface area contributed by atoms with Crippen LogP contribution in [-0.2, 0) is 6.18 Å². The van der Waals surface area contributed by atoms with Crippen molar-refractivity contribution >= 4 is 17.5 Å². The van der Waals surface area contributed by atoms with Crippen LogP contribution in [0.5, 0.6) is 0 Å². The molecule has 0 aliphatic carbocycles. The number of rotatable bonds is 2. The van der Waals surface area contributed by atoms with Crippen molar-refractivity contribution in [3.8, 4) is 11.3 Å². The molecule has 0 bridgehead atoms. The van der Waals surface area contributed by atoms with E-state index in [9.17, 15) is 18.0 Å². The largest absolute Gasteiger partial charge is 0.417 e. The number of H-pyrrole nitrogens is 1. The van der Waals surface area contributed by atoms with Gasteiger partial charge in [0.25, 0.3) is 5.56 Å². The Kier molecular flexibility index (Phi) is 3.91. The molecule has 0 spiro atoms. The Labute approximate surface area is 122 Å². The van der Waals surface area contributed by atoms with Crippen LogP contribution in [0.2, 0.25) is 5.02 Å². The minimum atomic E-state index is -4.55. The van der Waals surface area contributed by atoms with Gasteiger partial charge < -0.3 is 4.90 Å². The van der Waals surface area contributed by atoms with E-state index in [1.165, 1.54) is 6.20 Å². The molecule has 9 heteroatoms. The Hall–Kier alpha value is -2.09. The number of hydrogen-bond acceptors (Lipinski definition) is 4. The first-order chi connectivity index (χ1) is 9.70. The number of nitrogens with zero attached hydrogens (tertiary/aromatic N) is 3. The number of anilines is 1. The second-order valence-corrected chi connectivity index (χ2v) is 4.80. The van der Waals surface area contributed by atoms with Crippen LogP contribution < -0.4 is 10.5 Å². The van der Waals surface area contributed by atoms with Gasteiger partial charge in [-0.25, -0.2) is 4.98 Å². The van der Waals surface area contributed by atoms with Crippen LogP contribution in [0.1, 0.15) is 5.56 Å². The van der Waals surface area contributed by atoms with E-state index in [2.05, 4.69) is 15.0 Å². The van der Waals surface area contributed by atoms with E-state index in [1.807, 2.05) is 0 Å². The van der Waals surface area contributed by atoms with Crippen molar-refractivity contribution in [3.63, 3.8) is 0 Å². The summed E-state index contributed by atoms with van der Waals surface area (Å²) in [6, 6.07) is 0.725. The topological polar surface area (TPSA) is 61.9 Å². The molecule has 0 amide bonds. The molecule has 1 N–H and O–H groups in total. The van der Waals surface area contributed by atoms with Crippen LogP contribution in [0.3, 0.4) is 0 Å². The lowest BCUT2D eigenvalue weighted by molar-refractivity contribution is -0.137. The van der Waals surface area contributed by atoms with Gasteiger partial charge in [-0.15, -0.1) is 0 Å². The summed E-state index contributed by atoms with van der Waals surface area (Å²) in [4.78, 5) is 23.6. The normalized spacial score (nSPS) is 11.5. The molecule has 0 aromatic carbocycles. The highest BCUT2D eigenvalue weighted by Crippen LogP contribution is 2.33. The van der Waals surface area contributed by atoms with Crippen molar-refractivity contribution in [2.45, 2.75) is 6.18 Å². The molecular formula is C12H10ClF3N4O. The Bertz CT molecular complexity index is 727. The number of hydrogen-bond donors (Lipinski definition) is 1. The van der Waals surface area contributed by atoms with Crippen LogP contribution in [0.25, 0.3) is 11.3 Å². The lowest BCUT2D eigenvalue weighted by Crippen LogP contribution is -2.19. The third-order valence-corrected chi connectivity index (χ3v) is 2.92. The quantitative estimate of drug-likeness (QED) is 0.924.